The number of rotatable bonds is 2. The second-order valence-corrected chi connectivity index (χ2v) is 15.1. The maximum absolute atomic E-state index is 10.9. The van der Waals surface area contributed by atoms with Crippen molar-refractivity contribution in [1.29, 1.82) is 0 Å². The molecule has 1 unspecified atom stereocenters. The van der Waals surface area contributed by atoms with Gasteiger partial charge < -0.3 is 10.2 Å². The maximum atomic E-state index is 10.9. The van der Waals surface area contributed by atoms with Gasteiger partial charge in [-0.1, -0.05) is 48.5 Å². The van der Waals surface area contributed by atoms with Crippen molar-refractivity contribution in [3.05, 3.63) is 0 Å². The molecule has 184 valence electrons. The smallest absolute Gasteiger partial charge is 0.0594 e. The van der Waals surface area contributed by atoms with Crippen molar-refractivity contribution in [2.75, 3.05) is 6.61 Å². The van der Waals surface area contributed by atoms with E-state index in [1.165, 1.54) is 57.8 Å². The first-order valence-electron chi connectivity index (χ1n) is 14.1. The molecule has 0 aromatic rings. The van der Waals surface area contributed by atoms with E-state index >= 15 is 0 Å². The van der Waals surface area contributed by atoms with E-state index in [1.54, 1.807) is 0 Å². The summed E-state index contributed by atoms with van der Waals surface area (Å²) < 4.78 is 0. The summed E-state index contributed by atoms with van der Waals surface area (Å²) in [6, 6.07) is 0. The summed E-state index contributed by atoms with van der Waals surface area (Å²) in [7, 11) is 0. The molecule has 0 spiro atoms. The first-order chi connectivity index (χ1) is 14.8. The molecule has 2 N–H and O–H groups in total. The molecule has 5 aliphatic carbocycles. The molecule has 32 heavy (non-hydrogen) atoms. The number of hydrogen-bond donors (Lipinski definition) is 2. The molecule has 0 bridgehead atoms. The van der Waals surface area contributed by atoms with Gasteiger partial charge in [-0.25, -0.2) is 0 Å². The van der Waals surface area contributed by atoms with E-state index < -0.39 is 0 Å². The minimum absolute atomic E-state index is 0.0460. The van der Waals surface area contributed by atoms with Crippen LogP contribution in [-0.2, 0) is 0 Å². The Hall–Kier alpha value is -0.0800. The topological polar surface area (TPSA) is 40.5 Å². The van der Waals surface area contributed by atoms with Gasteiger partial charge in [-0.2, -0.15) is 0 Å². The van der Waals surface area contributed by atoms with Crippen LogP contribution in [0.15, 0.2) is 0 Å². The summed E-state index contributed by atoms with van der Waals surface area (Å²) in [4.78, 5) is 0. The lowest BCUT2D eigenvalue weighted by molar-refractivity contribution is -0.248. The fraction of sp³-hybridized carbons (Fsp3) is 1.00. The summed E-state index contributed by atoms with van der Waals surface area (Å²) in [5, 5.41) is 21.0. The van der Waals surface area contributed by atoms with Crippen LogP contribution in [0.2, 0.25) is 0 Å². The van der Waals surface area contributed by atoms with Crippen LogP contribution in [0.25, 0.3) is 0 Å². The van der Waals surface area contributed by atoms with Crippen molar-refractivity contribution < 1.29 is 10.2 Å². The normalized spacial score (nSPS) is 57.7. The van der Waals surface area contributed by atoms with Gasteiger partial charge >= 0.3 is 0 Å². The van der Waals surface area contributed by atoms with Gasteiger partial charge in [0.2, 0.25) is 0 Å². The third-order valence-electron chi connectivity index (χ3n) is 13.9. The SMILES string of the molecule is CC(CO)[C@@H]1CC[C@]2(C)CC[C@]3(C)[C@H](CC[C@@H]4[C@@]5(C)CC[C@H](O)C(C)(C)[C@@H]5CC[C@]43C)[C@@H]12. The Morgan fingerprint density at radius 3 is 2.16 bits per heavy atom. The van der Waals surface area contributed by atoms with Crippen LogP contribution < -0.4 is 0 Å². The first kappa shape index (κ1) is 23.7. The lowest BCUT2D eigenvalue weighted by atomic mass is 9.32. The summed E-state index contributed by atoms with van der Waals surface area (Å²) >= 11 is 0. The van der Waals surface area contributed by atoms with Crippen molar-refractivity contribution in [2.45, 2.75) is 119 Å². The number of aliphatic hydroxyl groups is 2. The third-order valence-corrected chi connectivity index (χ3v) is 13.9. The highest BCUT2D eigenvalue weighted by atomic mass is 16.3. The maximum Gasteiger partial charge on any atom is 0.0594 e. The molecule has 0 amide bonds. The zero-order valence-corrected chi connectivity index (χ0v) is 22.2. The number of aliphatic hydroxyl groups excluding tert-OH is 2. The Kier molecular flexibility index (Phi) is 5.34. The van der Waals surface area contributed by atoms with Gasteiger partial charge in [-0.05, 0) is 127 Å². The molecule has 5 rings (SSSR count). The summed E-state index contributed by atoms with van der Waals surface area (Å²) in [6.07, 6.45) is 13.0. The molecule has 0 aromatic carbocycles. The molecule has 0 saturated heterocycles. The standard InChI is InChI=1S/C30H52O2/c1-19(18-31)20-10-13-27(4)16-17-29(6)21(25(20)27)8-9-23-28(5)14-12-24(32)26(2,3)22(28)11-15-30(23,29)7/h19-25,31-32H,8-18H2,1-7H3/t19?,20-,21+,22-,23+,24-,25+,27+,28-,29+,30+/m0/s1. The average Bonchev–Trinajstić information content (AvgIpc) is 3.09. The van der Waals surface area contributed by atoms with Gasteiger partial charge in [-0.3, -0.25) is 0 Å². The summed E-state index contributed by atoms with van der Waals surface area (Å²) in [6.45, 7) is 18.1. The Bertz CT molecular complexity index is 745. The number of fused-ring (bicyclic) bond motifs is 7. The lowest BCUT2D eigenvalue weighted by Gasteiger charge is -2.73. The highest BCUT2D eigenvalue weighted by Gasteiger charge is 2.70. The second-order valence-electron chi connectivity index (χ2n) is 15.1. The van der Waals surface area contributed by atoms with Gasteiger partial charge in [0, 0.05) is 6.61 Å². The Balaban J connectivity index is 1.53. The van der Waals surface area contributed by atoms with Crippen molar-refractivity contribution >= 4 is 0 Å². The molecule has 2 heteroatoms. The zero-order chi connectivity index (χ0) is 23.3. The number of hydrogen-bond acceptors (Lipinski definition) is 2. The van der Waals surface area contributed by atoms with E-state index in [2.05, 4.69) is 48.5 Å². The molecule has 5 saturated carbocycles. The van der Waals surface area contributed by atoms with Crippen molar-refractivity contribution in [3.63, 3.8) is 0 Å². The van der Waals surface area contributed by atoms with Crippen LogP contribution in [0.3, 0.4) is 0 Å². The Morgan fingerprint density at radius 2 is 1.47 bits per heavy atom. The van der Waals surface area contributed by atoms with Crippen LogP contribution >= 0.6 is 0 Å². The van der Waals surface area contributed by atoms with Gasteiger partial charge in [0.05, 0.1) is 6.10 Å². The van der Waals surface area contributed by atoms with E-state index in [-0.39, 0.29) is 11.5 Å². The van der Waals surface area contributed by atoms with Crippen LogP contribution in [0, 0.1) is 62.6 Å². The quantitative estimate of drug-likeness (QED) is 0.478. The van der Waals surface area contributed by atoms with Crippen molar-refractivity contribution in [2.24, 2.45) is 62.6 Å². The van der Waals surface area contributed by atoms with E-state index in [0.717, 1.165) is 24.2 Å². The molecule has 0 aliphatic heterocycles. The van der Waals surface area contributed by atoms with E-state index in [4.69, 9.17) is 0 Å². The highest BCUT2D eigenvalue weighted by Crippen LogP contribution is 2.77. The fourth-order valence-corrected chi connectivity index (χ4v) is 11.8. The molecule has 0 aromatic heterocycles. The van der Waals surface area contributed by atoms with Crippen molar-refractivity contribution in [3.8, 4) is 0 Å². The molecule has 5 fully saturated rings. The molecule has 11 atom stereocenters. The largest absolute Gasteiger partial charge is 0.396 e. The van der Waals surface area contributed by atoms with E-state index in [9.17, 15) is 10.2 Å². The predicted octanol–water partition coefficient (Wildman–Crippen LogP) is 7.08. The zero-order valence-electron chi connectivity index (χ0n) is 22.2. The van der Waals surface area contributed by atoms with E-state index in [0.29, 0.717) is 46.0 Å². The molecule has 0 heterocycles. The second kappa shape index (κ2) is 7.22. The lowest BCUT2D eigenvalue weighted by Crippen LogP contribution is -2.66. The Morgan fingerprint density at radius 1 is 0.750 bits per heavy atom. The molecular weight excluding hydrogens is 392 g/mol. The minimum atomic E-state index is -0.133. The monoisotopic (exact) mass is 444 g/mol. The predicted molar refractivity (Wildman–Crippen MR) is 132 cm³/mol. The average molecular weight is 445 g/mol. The Labute approximate surface area is 198 Å². The van der Waals surface area contributed by atoms with Crippen LogP contribution in [0.4, 0.5) is 0 Å². The fourth-order valence-electron chi connectivity index (χ4n) is 11.8. The minimum Gasteiger partial charge on any atom is -0.396 e. The first-order valence-corrected chi connectivity index (χ1v) is 14.1. The van der Waals surface area contributed by atoms with Gasteiger partial charge in [0.15, 0.2) is 0 Å². The van der Waals surface area contributed by atoms with Gasteiger partial charge in [0.1, 0.15) is 0 Å². The summed E-state index contributed by atoms with van der Waals surface area (Å²) in [5.41, 5.74) is 1.75. The molecule has 2 nitrogen and oxygen atoms in total. The van der Waals surface area contributed by atoms with E-state index in [1.807, 2.05) is 0 Å². The van der Waals surface area contributed by atoms with Crippen molar-refractivity contribution in [1.82, 2.24) is 0 Å². The van der Waals surface area contributed by atoms with Gasteiger partial charge in [-0.15, -0.1) is 0 Å². The molecular formula is C30H52O2. The van der Waals surface area contributed by atoms with Crippen LogP contribution in [0.5, 0.6) is 0 Å². The molecule has 5 aliphatic rings. The third kappa shape index (κ3) is 2.78. The summed E-state index contributed by atoms with van der Waals surface area (Å²) in [5.74, 6) is 4.23. The van der Waals surface area contributed by atoms with Gasteiger partial charge in [0.25, 0.3) is 0 Å². The highest BCUT2D eigenvalue weighted by molar-refractivity contribution is 5.19. The van der Waals surface area contributed by atoms with Crippen LogP contribution in [0.1, 0.15) is 113 Å². The molecule has 0 radical (unpaired) electrons. The van der Waals surface area contributed by atoms with Crippen LogP contribution in [-0.4, -0.2) is 22.9 Å².